The predicted molar refractivity (Wildman–Crippen MR) is 69.6 cm³/mol. The lowest BCUT2D eigenvalue weighted by Crippen LogP contribution is -2.30. The average Bonchev–Trinajstić information content (AvgIpc) is 2.38. The normalized spacial score (nSPS) is 12.2. The summed E-state index contributed by atoms with van der Waals surface area (Å²) in [5.41, 5.74) is 0.217. The van der Waals surface area contributed by atoms with Crippen molar-refractivity contribution in [3.05, 3.63) is 34.2 Å². The van der Waals surface area contributed by atoms with E-state index in [1.54, 1.807) is 0 Å². The van der Waals surface area contributed by atoms with E-state index in [0.717, 1.165) is 6.42 Å². The number of carbonyl (C=O) groups is 1. The second-order valence-electron chi connectivity index (χ2n) is 4.40. The summed E-state index contributed by atoms with van der Waals surface area (Å²) in [4.78, 5) is 23.3. The van der Waals surface area contributed by atoms with Crippen molar-refractivity contribution in [2.45, 2.75) is 26.8 Å². The van der Waals surface area contributed by atoms with Crippen LogP contribution in [-0.2, 0) is 6.54 Å². The number of hydrogen-bond acceptors (Lipinski definition) is 3. The van der Waals surface area contributed by atoms with Crippen LogP contribution in [0.3, 0.4) is 0 Å². The van der Waals surface area contributed by atoms with Crippen LogP contribution in [0, 0.1) is 5.92 Å². The molecule has 0 saturated carbocycles. The number of aliphatic hydroxyl groups is 1. The lowest BCUT2D eigenvalue weighted by atomic mass is 10.1. The number of rotatable bonds is 6. The molecule has 100 valence electrons. The average molecular weight is 252 g/mol. The van der Waals surface area contributed by atoms with Crippen LogP contribution in [0.1, 0.15) is 30.6 Å². The number of nitrogens with zero attached hydrogens (tertiary/aromatic N) is 1. The minimum absolute atomic E-state index is 0.127. The molecule has 0 aliphatic rings. The van der Waals surface area contributed by atoms with Gasteiger partial charge in [-0.25, -0.2) is 0 Å². The Bertz CT molecular complexity index is 454. The first-order valence-corrected chi connectivity index (χ1v) is 6.18. The fourth-order valence-electron chi connectivity index (χ4n) is 1.46. The van der Waals surface area contributed by atoms with Crippen molar-refractivity contribution >= 4 is 5.91 Å². The van der Waals surface area contributed by atoms with E-state index in [2.05, 4.69) is 19.2 Å². The molecule has 0 aliphatic heterocycles. The largest absolute Gasteiger partial charge is 0.395 e. The molecule has 0 bridgehead atoms. The summed E-state index contributed by atoms with van der Waals surface area (Å²) in [5.74, 6) is 0.235. The molecule has 0 aliphatic carbocycles. The fourth-order valence-corrected chi connectivity index (χ4v) is 1.46. The molecule has 0 fully saturated rings. The molecule has 5 heteroatoms. The highest BCUT2D eigenvalue weighted by Gasteiger charge is 2.08. The SMILES string of the molecule is CCC(C)CNC(=O)c1ccc(=O)n(CCO)c1. The molecular weight excluding hydrogens is 232 g/mol. The Morgan fingerprint density at radius 3 is 2.83 bits per heavy atom. The molecule has 0 radical (unpaired) electrons. The summed E-state index contributed by atoms with van der Waals surface area (Å²) in [6.07, 6.45) is 2.48. The van der Waals surface area contributed by atoms with Crippen LogP contribution in [0.5, 0.6) is 0 Å². The predicted octanol–water partition coefficient (Wildman–Crippen LogP) is 0.616. The van der Waals surface area contributed by atoms with E-state index in [4.69, 9.17) is 5.11 Å². The standard InChI is InChI=1S/C13H20N2O3/c1-3-10(2)8-14-13(18)11-4-5-12(17)15(9-11)6-7-16/h4-5,9-10,16H,3,6-8H2,1-2H3,(H,14,18). The zero-order valence-electron chi connectivity index (χ0n) is 10.8. The Morgan fingerprint density at radius 2 is 2.22 bits per heavy atom. The van der Waals surface area contributed by atoms with Gasteiger partial charge in [0.1, 0.15) is 0 Å². The van der Waals surface area contributed by atoms with E-state index in [-0.39, 0.29) is 24.6 Å². The van der Waals surface area contributed by atoms with E-state index in [1.165, 1.54) is 22.9 Å². The van der Waals surface area contributed by atoms with Crippen molar-refractivity contribution in [1.29, 1.82) is 0 Å². The first kappa shape index (κ1) is 14.4. The molecule has 1 aromatic heterocycles. The number of amides is 1. The van der Waals surface area contributed by atoms with E-state index in [9.17, 15) is 9.59 Å². The molecule has 1 atom stereocenters. The smallest absolute Gasteiger partial charge is 0.252 e. The van der Waals surface area contributed by atoms with Crippen molar-refractivity contribution in [2.75, 3.05) is 13.2 Å². The van der Waals surface area contributed by atoms with E-state index in [1.807, 2.05) is 0 Å². The molecule has 2 N–H and O–H groups in total. The number of aliphatic hydroxyl groups excluding tert-OH is 1. The summed E-state index contributed by atoms with van der Waals surface area (Å²) in [6, 6.07) is 2.84. The second-order valence-corrected chi connectivity index (χ2v) is 4.40. The van der Waals surface area contributed by atoms with Crippen LogP contribution in [0.4, 0.5) is 0 Å². The van der Waals surface area contributed by atoms with Crippen LogP contribution < -0.4 is 10.9 Å². The quantitative estimate of drug-likeness (QED) is 0.779. The second kappa shape index (κ2) is 6.96. The maximum atomic E-state index is 11.8. The highest BCUT2D eigenvalue weighted by molar-refractivity contribution is 5.93. The summed E-state index contributed by atoms with van der Waals surface area (Å²) >= 11 is 0. The van der Waals surface area contributed by atoms with Crippen molar-refractivity contribution in [3.63, 3.8) is 0 Å². The van der Waals surface area contributed by atoms with Crippen molar-refractivity contribution < 1.29 is 9.90 Å². The van der Waals surface area contributed by atoms with Crippen LogP contribution >= 0.6 is 0 Å². The van der Waals surface area contributed by atoms with E-state index >= 15 is 0 Å². The third kappa shape index (κ3) is 4.00. The first-order valence-electron chi connectivity index (χ1n) is 6.18. The third-order valence-electron chi connectivity index (χ3n) is 2.89. The van der Waals surface area contributed by atoms with Gasteiger partial charge in [-0.15, -0.1) is 0 Å². The molecule has 0 saturated heterocycles. The minimum Gasteiger partial charge on any atom is -0.395 e. The van der Waals surface area contributed by atoms with Gasteiger partial charge in [0.15, 0.2) is 0 Å². The molecule has 1 aromatic rings. The molecule has 1 rings (SSSR count). The monoisotopic (exact) mass is 252 g/mol. The Labute approximate surface area is 106 Å². The Hall–Kier alpha value is -1.62. The maximum Gasteiger partial charge on any atom is 0.252 e. The van der Waals surface area contributed by atoms with Gasteiger partial charge in [-0.3, -0.25) is 9.59 Å². The number of carbonyl (C=O) groups excluding carboxylic acids is 1. The van der Waals surface area contributed by atoms with Gasteiger partial charge in [0, 0.05) is 25.4 Å². The third-order valence-corrected chi connectivity index (χ3v) is 2.89. The van der Waals surface area contributed by atoms with Crippen molar-refractivity contribution in [1.82, 2.24) is 9.88 Å². The van der Waals surface area contributed by atoms with Crippen LogP contribution in [0.25, 0.3) is 0 Å². The van der Waals surface area contributed by atoms with E-state index in [0.29, 0.717) is 18.0 Å². The zero-order valence-corrected chi connectivity index (χ0v) is 10.8. The van der Waals surface area contributed by atoms with Crippen LogP contribution in [0.2, 0.25) is 0 Å². The van der Waals surface area contributed by atoms with Gasteiger partial charge in [-0.1, -0.05) is 20.3 Å². The van der Waals surface area contributed by atoms with Gasteiger partial charge in [-0.2, -0.15) is 0 Å². The number of nitrogens with one attached hydrogen (secondary N) is 1. The summed E-state index contributed by atoms with van der Waals surface area (Å²) < 4.78 is 1.33. The Balaban J connectivity index is 2.74. The van der Waals surface area contributed by atoms with Crippen LogP contribution in [0.15, 0.2) is 23.1 Å². The van der Waals surface area contributed by atoms with E-state index < -0.39 is 0 Å². The van der Waals surface area contributed by atoms with Crippen molar-refractivity contribution in [2.24, 2.45) is 5.92 Å². The summed E-state index contributed by atoms with van der Waals surface area (Å²) in [7, 11) is 0. The Morgan fingerprint density at radius 1 is 1.50 bits per heavy atom. The molecule has 18 heavy (non-hydrogen) atoms. The number of aromatic nitrogens is 1. The molecule has 5 nitrogen and oxygen atoms in total. The Kier molecular flexibility index (Phi) is 5.58. The maximum absolute atomic E-state index is 11.8. The lowest BCUT2D eigenvalue weighted by molar-refractivity contribution is 0.0946. The molecule has 1 amide bonds. The molecule has 0 aromatic carbocycles. The number of pyridine rings is 1. The van der Waals surface area contributed by atoms with Crippen molar-refractivity contribution in [3.8, 4) is 0 Å². The molecule has 0 spiro atoms. The van der Waals surface area contributed by atoms with Crippen LogP contribution in [-0.4, -0.2) is 28.7 Å². The topological polar surface area (TPSA) is 71.3 Å². The molecule has 1 unspecified atom stereocenters. The van der Waals surface area contributed by atoms with Gasteiger partial charge in [0.25, 0.3) is 11.5 Å². The number of hydrogen-bond donors (Lipinski definition) is 2. The highest BCUT2D eigenvalue weighted by Crippen LogP contribution is 2.00. The highest BCUT2D eigenvalue weighted by atomic mass is 16.3. The molecule has 1 heterocycles. The summed E-state index contributed by atoms with van der Waals surface area (Å²) in [5, 5.41) is 11.6. The van der Waals surface area contributed by atoms with Gasteiger partial charge < -0.3 is 15.0 Å². The lowest BCUT2D eigenvalue weighted by Gasteiger charge is -2.11. The summed E-state index contributed by atoms with van der Waals surface area (Å²) in [6.45, 7) is 4.82. The zero-order chi connectivity index (χ0) is 13.5. The minimum atomic E-state index is -0.220. The molecular formula is C13H20N2O3. The van der Waals surface area contributed by atoms with Gasteiger partial charge in [0.05, 0.1) is 12.2 Å². The van der Waals surface area contributed by atoms with Gasteiger partial charge in [0.2, 0.25) is 0 Å². The van der Waals surface area contributed by atoms with Gasteiger partial charge >= 0.3 is 0 Å². The fraction of sp³-hybridized carbons (Fsp3) is 0.538. The first-order chi connectivity index (χ1) is 8.58. The van der Waals surface area contributed by atoms with Gasteiger partial charge in [-0.05, 0) is 12.0 Å².